The Morgan fingerprint density at radius 2 is 1.41 bits per heavy atom. The van der Waals surface area contributed by atoms with Crippen molar-refractivity contribution >= 4 is 17.7 Å². The van der Waals surface area contributed by atoms with E-state index in [9.17, 15) is 19.6 Å². The molecule has 0 aliphatic rings. The summed E-state index contributed by atoms with van der Waals surface area (Å²) in [5.41, 5.74) is 6.84. The second kappa shape index (κ2) is 16.2. The SMILES string of the molecule is CCC[C@H](C(=O)NO)[C@@H](CCCc1ccc(-c2ccccc2)c(C)c1)C(=O)N[C@H](C(=O)NC(C)c1ccccc1)C(C)(C)C. The van der Waals surface area contributed by atoms with E-state index in [2.05, 4.69) is 47.9 Å². The number of aryl methyl sites for hydroxylation is 2. The molecule has 0 aliphatic carbocycles. The summed E-state index contributed by atoms with van der Waals surface area (Å²) in [4.78, 5) is 40.3. The first-order valence-electron chi connectivity index (χ1n) is 15.7. The lowest BCUT2D eigenvalue weighted by atomic mass is 9.81. The van der Waals surface area contributed by atoms with Gasteiger partial charge in [0.1, 0.15) is 6.04 Å². The minimum atomic E-state index is -0.823. The molecule has 0 heterocycles. The van der Waals surface area contributed by atoms with E-state index in [0.29, 0.717) is 25.7 Å². The van der Waals surface area contributed by atoms with Crippen LogP contribution in [0.4, 0.5) is 0 Å². The number of hydroxylamine groups is 1. The third-order valence-electron chi connectivity index (χ3n) is 8.30. The van der Waals surface area contributed by atoms with Gasteiger partial charge < -0.3 is 10.6 Å². The summed E-state index contributed by atoms with van der Waals surface area (Å²) < 4.78 is 0. The van der Waals surface area contributed by atoms with E-state index in [-0.39, 0.29) is 17.9 Å². The van der Waals surface area contributed by atoms with Crippen LogP contribution in [0.3, 0.4) is 0 Å². The van der Waals surface area contributed by atoms with Crippen molar-refractivity contribution in [3.63, 3.8) is 0 Å². The molecule has 4 N–H and O–H groups in total. The molecule has 44 heavy (non-hydrogen) atoms. The standard InChI is InChI=1S/C37H49N3O4/c1-7-15-31(35(42)40-44)32(21-14-16-27-22-23-30(25(2)24-27)29-19-12-9-13-20-29)34(41)39-33(37(4,5)6)36(43)38-26(3)28-17-10-8-11-18-28/h8-13,17-20,22-24,26,31-33,44H,7,14-16,21H2,1-6H3,(H,38,43)(H,39,41)(H,40,42)/t26?,31-,32+,33+/m0/s1. The zero-order chi connectivity index (χ0) is 32.3. The van der Waals surface area contributed by atoms with Gasteiger partial charge in [0, 0.05) is 5.92 Å². The van der Waals surface area contributed by atoms with Crippen LogP contribution in [0.25, 0.3) is 11.1 Å². The summed E-state index contributed by atoms with van der Waals surface area (Å²) in [5, 5.41) is 15.6. The minimum Gasteiger partial charge on any atom is -0.348 e. The first-order chi connectivity index (χ1) is 21.0. The average molecular weight is 600 g/mol. The van der Waals surface area contributed by atoms with Gasteiger partial charge in [0.05, 0.1) is 12.0 Å². The van der Waals surface area contributed by atoms with Crippen LogP contribution >= 0.6 is 0 Å². The molecule has 3 aromatic carbocycles. The fourth-order valence-electron chi connectivity index (χ4n) is 5.82. The molecule has 0 aromatic heterocycles. The summed E-state index contributed by atoms with van der Waals surface area (Å²) in [7, 11) is 0. The molecule has 3 aromatic rings. The molecule has 0 radical (unpaired) electrons. The Morgan fingerprint density at radius 1 is 0.795 bits per heavy atom. The molecule has 3 rings (SSSR count). The number of amides is 3. The fourth-order valence-corrected chi connectivity index (χ4v) is 5.82. The highest BCUT2D eigenvalue weighted by atomic mass is 16.5. The van der Waals surface area contributed by atoms with Crippen LogP contribution in [0.5, 0.6) is 0 Å². The molecule has 0 aliphatic heterocycles. The van der Waals surface area contributed by atoms with Crippen molar-refractivity contribution in [2.24, 2.45) is 17.3 Å². The zero-order valence-electron chi connectivity index (χ0n) is 27.0. The molecule has 0 bridgehead atoms. The molecule has 0 spiro atoms. The molecule has 3 amide bonds. The Morgan fingerprint density at radius 3 is 1.98 bits per heavy atom. The van der Waals surface area contributed by atoms with Gasteiger partial charge in [0.2, 0.25) is 17.7 Å². The van der Waals surface area contributed by atoms with E-state index >= 15 is 0 Å². The van der Waals surface area contributed by atoms with Gasteiger partial charge in [-0.05, 0) is 72.8 Å². The molecule has 0 fully saturated rings. The molecule has 4 atom stereocenters. The average Bonchev–Trinajstić information content (AvgIpc) is 3.00. The van der Waals surface area contributed by atoms with E-state index in [1.807, 2.05) is 83.1 Å². The monoisotopic (exact) mass is 599 g/mol. The molecule has 1 unspecified atom stereocenters. The van der Waals surface area contributed by atoms with Crippen LogP contribution in [0.2, 0.25) is 0 Å². The van der Waals surface area contributed by atoms with Gasteiger partial charge in [-0.2, -0.15) is 0 Å². The van der Waals surface area contributed by atoms with Crippen molar-refractivity contribution in [2.75, 3.05) is 0 Å². The first kappa shape index (κ1) is 34.5. The van der Waals surface area contributed by atoms with Crippen LogP contribution in [-0.4, -0.2) is 29.0 Å². The molecule has 7 nitrogen and oxygen atoms in total. The van der Waals surface area contributed by atoms with E-state index < -0.39 is 29.2 Å². The Bertz CT molecular complexity index is 1370. The van der Waals surface area contributed by atoms with Crippen molar-refractivity contribution < 1.29 is 19.6 Å². The van der Waals surface area contributed by atoms with Crippen LogP contribution in [0.1, 0.15) is 83.0 Å². The Kier molecular flexibility index (Phi) is 12.7. The van der Waals surface area contributed by atoms with E-state index in [4.69, 9.17) is 0 Å². The number of carbonyl (C=O) groups is 3. The number of hydrogen-bond donors (Lipinski definition) is 4. The van der Waals surface area contributed by atoms with Crippen molar-refractivity contribution in [2.45, 2.75) is 85.7 Å². The zero-order valence-corrected chi connectivity index (χ0v) is 27.0. The number of hydrogen-bond acceptors (Lipinski definition) is 4. The van der Waals surface area contributed by atoms with Crippen molar-refractivity contribution in [3.05, 3.63) is 95.6 Å². The van der Waals surface area contributed by atoms with Crippen LogP contribution < -0.4 is 16.1 Å². The van der Waals surface area contributed by atoms with Gasteiger partial charge in [-0.15, -0.1) is 0 Å². The fraction of sp³-hybridized carbons (Fsp3) is 0.432. The largest absolute Gasteiger partial charge is 0.348 e. The van der Waals surface area contributed by atoms with Gasteiger partial charge in [-0.25, -0.2) is 5.48 Å². The van der Waals surface area contributed by atoms with Crippen LogP contribution in [0, 0.1) is 24.2 Å². The van der Waals surface area contributed by atoms with Crippen molar-refractivity contribution in [3.8, 4) is 11.1 Å². The van der Waals surface area contributed by atoms with E-state index in [1.54, 1.807) is 5.48 Å². The highest BCUT2D eigenvalue weighted by Gasteiger charge is 2.38. The molecule has 0 saturated heterocycles. The summed E-state index contributed by atoms with van der Waals surface area (Å²) in [6.07, 6.45) is 2.94. The maximum atomic E-state index is 13.9. The van der Waals surface area contributed by atoms with Gasteiger partial charge >= 0.3 is 0 Å². The van der Waals surface area contributed by atoms with Crippen LogP contribution in [-0.2, 0) is 20.8 Å². The maximum Gasteiger partial charge on any atom is 0.247 e. The molecular formula is C37H49N3O4. The minimum absolute atomic E-state index is 0.244. The van der Waals surface area contributed by atoms with Crippen molar-refractivity contribution in [1.82, 2.24) is 16.1 Å². The Hall–Kier alpha value is -3.97. The predicted octanol–water partition coefficient (Wildman–Crippen LogP) is 6.93. The number of benzene rings is 3. The second-order valence-corrected chi connectivity index (χ2v) is 12.8. The molecule has 7 heteroatoms. The highest BCUT2D eigenvalue weighted by molar-refractivity contribution is 5.92. The summed E-state index contributed by atoms with van der Waals surface area (Å²) in [5.74, 6) is -2.65. The lowest BCUT2D eigenvalue weighted by Crippen LogP contribution is -2.56. The Labute approximate surface area is 262 Å². The maximum absolute atomic E-state index is 13.9. The second-order valence-electron chi connectivity index (χ2n) is 12.8. The normalized spacial score (nSPS) is 14.2. The van der Waals surface area contributed by atoms with E-state index in [1.165, 1.54) is 16.7 Å². The third kappa shape index (κ3) is 9.52. The summed E-state index contributed by atoms with van der Waals surface area (Å²) in [6, 6.07) is 25.3. The molecule has 0 saturated carbocycles. The first-order valence-corrected chi connectivity index (χ1v) is 15.7. The number of nitrogens with one attached hydrogen (secondary N) is 3. The van der Waals surface area contributed by atoms with Gasteiger partial charge in [-0.1, -0.05) is 113 Å². The lowest BCUT2D eigenvalue weighted by molar-refractivity contribution is -0.142. The number of rotatable bonds is 14. The predicted molar refractivity (Wildman–Crippen MR) is 176 cm³/mol. The molecule has 236 valence electrons. The van der Waals surface area contributed by atoms with Gasteiger partial charge in [-0.3, -0.25) is 19.6 Å². The molecular weight excluding hydrogens is 550 g/mol. The lowest BCUT2D eigenvalue weighted by Gasteiger charge is -2.34. The summed E-state index contributed by atoms with van der Waals surface area (Å²) >= 11 is 0. The van der Waals surface area contributed by atoms with Gasteiger partial charge in [0.15, 0.2) is 0 Å². The Balaban J connectivity index is 1.78. The quantitative estimate of drug-likeness (QED) is 0.119. The number of carbonyl (C=O) groups excluding carboxylic acids is 3. The van der Waals surface area contributed by atoms with Gasteiger partial charge in [0.25, 0.3) is 0 Å². The summed E-state index contributed by atoms with van der Waals surface area (Å²) in [6.45, 7) is 11.7. The topological polar surface area (TPSA) is 108 Å². The van der Waals surface area contributed by atoms with E-state index in [0.717, 1.165) is 17.5 Å². The highest BCUT2D eigenvalue weighted by Crippen LogP contribution is 2.29. The third-order valence-corrected chi connectivity index (χ3v) is 8.30. The van der Waals surface area contributed by atoms with Crippen LogP contribution in [0.15, 0.2) is 78.9 Å². The smallest absolute Gasteiger partial charge is 0.247 e. The van der Waals surface area contributed by atoms with Crippen molar-refractivity contribution in [1.29, 1.82) is 0 Å².